The third-order valence-electron chi connectivity index (χ3n) is 6.30. The van der Waals surface area contributed by atoms with Crippen LogP contribution < -0.4 is 0 Å². The molecule has 0 aromatic carbocycles. The first-order valence-corrected chi connectivity index (χ1v) is 11.3. The third kappa shape index (κ3) is 4.36. The number of hydrogen-bond acceptors (Lipinski definition) is 5. The fourth-order valence-electron chi connectivity index (χ4n) is 4.77. The monoisotopic (exact) mass is 387 g/mol. The summed E-state index contributed by atoms with van der Waals surface area (Å²) in [5.74, 6) is 1.63. The highest BCUT2D eigenvalue weighted by Gasteiger charge is 2.31. The first kappa shape index (κ1) is 19.3. The zero-order valence-corrected chi connectivity index (χ0v) is 18.1. The molecule has 1 saturated heterocycles. The molecular formula is C22H33N3OS. The minimum absolute atomic E-state index is 0.0232. The minimum atomic E-state index is -0.0232. The molecular weight excluding hydrogens is 354 g/mol. The average Bonchev–Trinajstić information content (AvgIpc) is 3.05. The van der Waals surface area contributed by atoms with Gasteiger partial charge in [0.1, 0.15) is 10.7 Å². The van der Waals surface area contributed by atoms with Crippen molar-refractivity contribution in [1.82, 2.24) is 14.9 Å². The van der Waals surface area contributed by atoms with Crippen molar-refractivity contribution in [3.05, 3.63) is 22.5 Å². The van der Waals surface area contributed by atoms with Gasteiger partial charge >= 0.3 is 0 Å². The number of thiophene rings is 1. The Hall–Kier alpha value is -1.04. The molecule has 1 saturated carbocycles. The topological polar surface area (TPSA) is 38.2 Å². The smallest absolute Gasteiger partial charge is 0.127 e. The first-order chi connectivity index (χ1) is 12.9. The summed E-state index contributed by atoms with van der Waals surface area (Å²) in [7, 11) is 2.24. The molecule has 1 unspecified atom stereocenters. The van der Waals surface area contributed by atoms with Crippen LogP contribution in [0.4, 0.5) is 0 Å². The van der Waals surface area contributed by atoms with Crippen LogP contribution >= 0.6 is 11.3 Å². The van der Waals surface area contributed by atoms with Crippen molar-refractivity contribution in [2.75, 3.05) is 13.7 Å². The van der Waals surface area contributed by atoms with Gasteiger partial charge in [0.2, 0.25) is 0 Å². The van der Waals surface area contributed by atoms with Gasteiger partial charge < -0.3 is 4.74 Å². The number of aromatic nitrogens is 2. The fraction of sp³-hybridized carbons (Fsp3) is 0.727. The normalized spacial score (nSPS) is 24.0. The van der Waals surface area contributed by atoms with E-state index in [1.807, 2.05) is 18.3 Å². The standard InChI is InChI=1S/C22H33N3OS/c1-15-23-19(14-25(4)17-10-11-26-22(2,3)13-17)18-12-20(27-21(18)24-15)16-8-6-5-7-9-16/h12,16-17H,5-11,13-14H2,1-4H3. The number of aryl methyl sites for hydroxylation is 1. The fourth-order valence-corrected chi connectivity index (χ4v) is 6.03. The summed E-state index contributed by atoms with van der Waals surface area (Å²) in [5.41, 5.74) is 1.17. The molecule has 2 aromatic rings. The van der Waals surface area contributed by atoms with Gasteiger partial charge in [0.05, 0.1) is 11.3 Å². The SMILES string of the molecule is Cc1nc(CN(C)C2CCOC(C)(C)C2)c2cc(C3CCCCC3)sc2n1. The molecule has 4 rings (SSSR count). The van der Waals surface area contributed by atoms with Crippen LogP contribution in [-0.4, -0.2) is 40.2 Å². The van der Waals surface area contributed by atoms with E-state index in [1.165, 1.54) is 52.9 Å². The Balaban J connectivity index is 1.58. The zero-order valence-electron chi connectivity index (χ0n) is 17.3. The van der Waals surface area contributed by atoms with Crippen LogP contribution in [0.1, 0.15) is 81.1 Å². The van der Waals surface area contributed by atoms with E-state index >= 15 is 0 Å². The molecule has 27 heavy (non-hydrogen) atoms. The second kappa shape index (κ2) is 7.76. The summed E-state index contributed by atoms with van der Waals surface area (Å²) in [4.78, 5) is 14.8. The van der Waals surface area contributed by atoms with E-state index in [9.17, 15) is 0 Å². The van der Waals surface area contributed by atoms with Gasteiger partial charge in [-0.15, -0.1) is 11.3 Å². The highest BCUT2D eigenvalue weighted by Crippen LogP contribution is 2.39. The van der Waals surface area contributed by atoms with Crippen LogP contribution in [-0.2, 0) is 11.3 Å². The molecule has 2 aliphatic rings. The van der Waals surface area contributed by atoms with Crippen LogP contribution in [0.15, 0.2) is 6.07 Å². The lowest BCUT2D eigenvalue weighted by Gasteiger charge is -2.39. The van der Waals surface area contributed by atoms with Crippen molar-refractivity contribution in [2.24, 2.45) is 0 Å². The van der Waals surface area contributed by atoms with E-state index in [0.29, 0.717) is 6.04 Å². The summed E-state index contributed by atoms with van der Waals surface area (Å²) >= 11 is 1.90. The molecule has 0 spiro atoms. The molecule has 1 aliphatic heterocycles. The predicted molar refractivity (Wildman–Crippen MR) is 112 cm³/mol. The quantitative estimate of drug-likeness (QED) is 0.700. The van der Waals surface area contributed by atoms with Crippen LogP contribution in [0.25, 0.3) is 10.2 Å². The lowest BCUT2D eigenvalue weighted by molar-refractivity contribution is -0.0810. The minimum Gasteiger partial charge on any atom is -0.375 e. The van der Waals surface area contributed by atoms with E-state index < -0.39 is 0 Å². The molecule has 0 radical (unpaired) electrons. The zero-order chi connectivity index (χ0) is 19.0. The Kier molecular flexibility index (Phi) is 5.55. The number of rotatable bonds is 4. The summed E-state index contributed by atoms with van der Waals surface area (Å²) in [5, 5.41) is 1.28. The van der Waals surface area contributed by atoms with Gasteiger partial charge in [-0.3, -0.25) is 4.90 Å². The van der Waals surface area contributed by atoms with E-state index in [-0.39, 0.29) is 5.60 Å². The number of fused-ring (bicyclic) bond motifs is 1. The van der Waals surface area contributed by atoms with E-state index in [0.717, 1.165) is 37.7 Å². The highest BCUT2D eigenvalue weighted by atomic mass is 32.1. The van der Waals surface area contributed by atoms with Gasteiger partial charge in [-0.25, -0.2) is 9.97 Å². The molecule has 1 aliphatic carbocycles. The second-order valence-electron chi connectivity index (χ2n) is 9.09. The molecule has 2 fully saturated rings. The molecule has 0 amide bonds. The van der Waals surface area contributed by atoms with E-state index in [1.54, 1.807) is 0 Å². The molecule has 4 nitrogen and oxygen atoms in total. The van der Waals surface area contributed by atoms with Gasteiger partial charge in [0, 0.05) is 29.5 Å². The van der Waals surface area contributed by atoms with Crippen molar-refractivity contribution in [1.29, 1.82) is 0 Å². The van der Waals surface area contributed by atoms with Crippen molar-refractivity contribution < 1.29 is 4.74 Å². The van der Waals surface area contributed by atoms with Gasteiger partial charge in [-0.2, -0.15) is 0 Å². The van der Waals surface area contributed by atoms with Crippen LogP contribution in [0, 0.1) is 6.92 Å². The lowest BCUT2D eigenvalue weighted by atomic mass is 9.88. The van der Waals surface area contributed by atoms with Crippen molar-refractivity contribution in [3.8, 4) is 0 Å². The molecule has 0 N–H and O–H groups in total. The molecule has 5 heteroatoms. The van der Waals surface area contributed by atoms with E-state index in [2.05, 4.69) is 31.9 Å². The summed E-state index contributed by atoms with van der Waals surface area (Å²) in [6, 6.07) is 2.96. The largest absolute Gasteiger partial charge is 0.375 e. The Morgan fingerprint density at radius 3 is 2.70 bits per heavy atom. The van der Waals surface area contributed by atoms with Crippen molar-refractivity contribution in [3.63, 3.8) is 0 Å². The van der Waals surface area contributed by atoms with Gasteiger partial charge in [0.25, 0.3) is 0 Å². The second-order valence-corrected chi connectivity index (χ2v) is 10.2. The summed E-state index contributed by atoms with van der Waals surface area (Å²) < 4.78 is 5.91. The van der Waals surface area contributed by atoms with Crippen LogP contribution in [0.3, 0.4) is 0 Å². The van der Waals surface area contributed by atoms with Gasteiger partial charge in [0.15, 0.2) is 0 Å². The first-order valence-electron chi connectivity index (χ1n) is 10.5. The van der Waals surface area contributed by atoms with Crippen LogP contribution in [0.2, 0.25) is 0 Å². The van der Waals surface area contributed by atoms with Crippen LogP contribution in [0.5, 0.6) is 0 Å². The Labute approximate surface area is 167 Å². The Morgan fingerprint density at radius 2 is 1.96 bits per heavy atom. The molecule has 0 bridgehead atoms. The number of hydrogen-bond donors (Lipinski definition) is 0. The van der Waals surface area contributed by atoms with Gasteiger partial charge in [-0.1, -0.05) is 19.3 Å². The molecule has 1 atom stereocenters. The molecule has 2 aromatic heterocycles. The number of ether oxygens (including phenoxy) is 1. The number of nitrogens with zero attached hydrogens (tertiary/aromatic N) is 3. The average molecular weight is 388 g/mol. The molecule has 148 valence electrons. The maximum absolute atomic E-state index is 5.91. The lowest BCUT2D eigenvalue weighted by Crippen LogP contribution is -2.44. The maximum atomic E-state index is 5.91. The molecule has 3 heterocycles. The maximum Gasteiger partial charge on any atom is 0.127 e. The summed E-state index contributed by atoms with van der Waals surface area (Å²) in [6.45, 7) is 8.18. The Morgan fingerprint density at radius 1 is 1.19 bits per heavy atom. The summed E-state index contributed by atoms with van der Waals surface area (Å²) in [6.07, 6.45) is 9.00. The van der Waals surface area contributed by atoms with Gasteiger partial charge in [-0.05, 0) is 65.5 Å². The van der Waals surface area contributed by atoms with Crippen molar-refractivity contribution >= 4 is 21.6 Å². The third-order valence-corrected chi connectivity index (χ3v) is 7.50. The predicted octanol–water partition coefficient (Wildman–Crippen LogP) is 5.44. The van der Waals surface area contributed by atoms with E-state index in [4.69, 9.17) is 14.7 Å². The Bertz CT molecular complexity index is 794. The highest BCUT2D eigenvalue weighted by molar-refractivity contribution is 7.18. The van der Waals surface area contributed by atoms with Crippen molar-refractivity contribution in [2.45, 2.75) is 89.8 Å².